The van der Waals surface area contributed by atoms with E-state index < -0.39 is 17.7 Å². The second-order valence-electron chi connectivity index (χ2n) is 11.7. The fourth-order valence-electron chi connectivity index (χ4n) is 5.77. The molecular weight excluding hydrogens is 557 g/mol. The lowest BCUT2D eigenvalue weighted by atomic mass is 9.87. The van der Waals surface area contributed by atoms with Gasteiger partial charge < -0.3 is 25.6 Å². The zero-order chi connectivity index (χ0) is 31.5. The van der Waals surface area contributed by atoms with Gasteiger partial charge in [0, 0.05) is 37.7 Å². The number of carboxylic acids is 1. The lowest BCUT2D eigenvalue weighted by Crippen LogP contribution is -2.56. The molecular formula is C29H41F3N4O6. The molecule has 4 atom stereocenters. The summed E-state index contributed by atoms with van der Waals surface area (Å²) in [5.41, 5.74) is 6.60. The predicted molar refractivity (Wildman–Crippen MR) is 149 cm³/mol. The van der Waals surface area contributed by atoms with E-state index in [0.29, 0.717) is 25.9 Å². The molecule has 2 amide bonds. The van der Waals surface area contributed by atoms with Crippen molar-refractivity contribution in [3.63, 3.8) is 0 Å². The molecule has 2 aliphatic heterocycles. The molecule has 42 heavy (non-hydrogen) atoms. The Hall–Kier alpha value is -3.35. The Morgan fingerprint density at radius 1 is 1.26 bits per heavy atom. The lowest BCUT2D eigenvalue weighted by molar-refractivity contribution is -0.192. The quantitative estimate of drug-likeness (QED) is 0.387. The molecule has 10 nitrogen and oxygen atoms in total. The molecule has 0 spiro atoms. The molecule has 13 heteroatoms. The van der Waals surface area contributed by atoms with Crippen LogP contribution in [0.5, 0.6) is 5.75 Å². The van der Waals surface area contributed by atoms with Crippen molar-refractivity contribution in [3.05, 3.63) is 29.8 Å². The van der Waals surface area contributed by atoms with E-state index in [4.69, 9.17) is 30.1 Å². The van der Waals surface area contributed by atoms with Gasteiger partial charge in [0.15, 0.2) is 5.96 Å². The number of carboxylic acid groups (broad SMARTS) is 1. The maximum absolute atomic E-state index is 13.4. The molecule has 1 aromatic rings. The van der Waals surface area contributed by atoms with Crippen LogP contribution < -0.4 is 15.8 Å². The third kappa shape index (κ3) is 7.73. The van der Waals surface area contributed by atoms with E-state index in [1.54, 1.807) is 12.0 Å². The highest BCUT2D eigenvalue weighted by Gasteiger charge is 2.53. The Morgan fingerprint density at radius 3 is 2.43 bits per heavy atom. The number of benzene rings is 1. The molecule has 1 aliphatic carbocycles. The highest BCUT2D eigenvalue weighted by Crippen LogP contribution is 2.47. The van der Waals surface area contributed by atoms with E-state index in [9.17, 15) is 22.8 Å². The summed E-state index contributed by atoms with van der Waals surface area (Å²) < 4.78 is 43.2. The first-order chi connectivity index (χ1) is 19.6. The van der Waals surface area contributed by atoms with E-state index >= 15 is 0 Å². The van der Waals surface area contributed by atoms with Gasteiger partial charge in [-0.3, -0.25) is 14.5 Å². The Balaban J connectivity index is 0.000000616. The Morgan fingerprint density at radius 2 is 1.88 bits per heavy atom. The number of guanidine groups is 1. The summed E-state index contributed by atoms with van der Waals surface area (Å²) in [5, 5.41) is 10.4. The molecule has 0 bridgehead atoms. The van der Waals surface area contributed by atoms with Gasteiger partial charge in [-0.1, -0.05) is 32.0 Å². The number of rotatable bonds is 9. The summed E-state index contributed by atoms with van der Waals surface area (Å²) in [6.07, 6.45) is -1.17. The smallest absolute Gasteiger partial charge is 0.487 e. The number of para-hydroxylation sites is 1. The average molecular weight is 599 g/mol. The van der Waals surface area contributed by atoms with Crippen molar-refractivity contribution < 1.29 is 42.1 Å². The number of amides is 2. The molecule has 3 aliphatic rings. The van der Waals surface area contributed by atoms with Crippen LogP contribution in [-0.4, -0.2) is 70.8 Å². The van der Waals surface area contributed by atoms with Crippen molar-refractivity contribution in [2.45, 2.75) is 95.6 Å². The number of ether oxygens (including phenoxy) is 2. The van der Waals surface area contributed by atoms with E-state index in [2.05, 4.69) is 5.32 Å². The maximum Gasteiger partial charge on any atom is 0.490 e. The molecule has 1 saturated carbocycles. The predicted octanol–water partition coefficient (Wildman–Crippen LogP) is 4.19. The number of methoxy groups -OCH3 is 1. The standard InChI is InChI=1S/C27H40N4O4.C2HF3O2/c1-6-27(7-2)16-23(32)31(25(28)30-27)21(12-13-34-5)18-14-19(18)24(33)29-20-15-26(3,4)35-22-11-9-8-10-17(20)22;3-2(4,5)1(6)7/h8-11,18-21H,6-7,12-16H2,1-5H3,(H2,28,30)(H,29,33);(H,6,7)/t18-,19-,20+,21?;/m1./s1. The van der Waals surface area contributed by atoms with Crippen LogP contribution in [0.25, 0.3) is 0 Å². The van der Waals surface area contributed by atoms with Crippen LogP contribution in [0.15, 0.2) is 29.3 Å². The summed E-state index contributed by atoms with van der Waals surface area (Å²) in [4.78, 5) is 42.0. The number of nitrogens with one attached hydrogen (secondary N) is 1. The number of hydrogen-bond donors (Lipinski definition) is 3. The number of aliphatic imine (C=N–C) groups is 1. The van der Waals surface area contributed by atoms with Gasteiger partial charge in [0.25, 0.3) is 0 Å². The highest BCUT2D eigenvalue weighted by atomic mass is 19.4. The number of halogens is 3. The largest absolute Gasteiger partial charge is 0.490 e. The summed E-state index contributed by atoms with van der Waals surface area (Å²) >= 11 is 0. The number of carbonyl (C=O) groups is 3. The minimum atomic E-state index is -5.08. The summed E-state index contributed by atoms with van der Waals surface area (Å²) in [6.45, 7) is 8.66. The fraction of sp³-hybridized carbons (Fsp3) is 0.655. The molecule has 0 radical (unpaired) electrons. The van der Waals surface area contributed by atoms with Crippen molar-refractivity contribution in [2.24, 2.45) is 22.6 Å². The van der Waals surface area contributed by atoms with Gasteiger partial charge in [-0.2, -0.15) is 13.2 Å². The highest BCUT2D eigenvalue weighted by molar-refractivity contribution is 5.99. The van der Waals surface area contributed by atoms with Crippen molar-refractivity contribution in [3.8, 4) is 5.75 Å². The second-order valence-corrected chi connectivity index (χ2v) is 11.7. The third-order valence-corrected chi connectivity index (χ3v) is 8.22. The molecule has 4 rings (SSSR count). The molecule has 4 N–H and O–H groups in total. The number of hydrogen-bond acceptors (Lipinski definition) is 7. The number of fused-ring (bicyclic) bond motifs is 1. The Bertz CT molecular complexity index is 1180. The first-order valence-corrected chi connectivity index (χ1v) is 14.1. The minimum Gasteiger partial charge on any atom is -0.487 e. The van der Waals surface area contributed by atoms with Crippen LogP contribution in [0.1, 0.15) is 77.8 Å². The molecule has 1 unspecified atom stereocenters. The summed E-state index contributed by atoms with van der Waals surface area (Å²) in [6, 6.07) is 7.57. The van der Waals surface area contributed by atoms with E-state index in [0.717, 1.165) is 30.6 Å². The van der Waals surface area contributed by atoms with E-state index in [1.807, 2.05) is 52.0 Å². The Labute approximate surface area is 243 Å². The molecule has 1 fully saturated rings. The molecule has 2 heterocycles. The van der Waals surface area contributed by atoms with Crippen molar-refractivity contribution >= 4 is 23.7 Å². The van der Waals surface area contributed by atoms with Crippen LogP contribution in [0.4, 0.5) is 13.2 Å². The first-order valence-electron chi connectivity index (χ1n) is 14.1. The van der Waals surface area contributed by atoms with Crippen LogP contribution in [0.2, 0.25) is 0 Å². The zero-order valence-corrected chi connectivity index (χ0v) is 24.7. The number of alkyl halides is 3. The normalized spacial score (nSPS) is 24.7. The third-order valence-electron chi connectivity index (χ3n) is 8.22. The monoisotopic (exact) mass is 598 g/mol. The number of nitrogens with two attached hydrogens (primary N) is 1. The molecule has 1 aromatic carbocycles. The minimum absolute atomic E-state index is 0.00605. The topological polar surface area (TPSA) is 144 Å². The van der Waals surface area contributed by atoms with Crippen LogP contribution in [0.3, 0.4) is 0 Å². The van der Waals surface area contributed by atoms with Gasteiger partial charge in [-0.25, -0.2) is 9.79 Å². The second kappa shape index (κ2) is 12.9. The summed E-state index contributed by atoms with van der Waals surface area (Å²) in [5.74, 6) is -1.79. The van der Waals surface area contributed by atoms with Gasteiger partial charge >= 0.3 is 12.1 Å². The number of nitrogens with zero attached hydrogens (tertiary/aromatic N) is 2. The summed E-state index contributed by atoms with van der Waals surface area (Å²) in [7, 11) is 1.65. The SMILES string of the molecule is CCC1(CC)CC(=O)N(C(CCOC)[C@@H]2C[C@H]2C(=O)N[C@H]2CC(C)(C)Oc3ccccc32)C(N)=N1.O=C(O)C(F)(F)F. The number of carbonyl (C=O) groups excluding carboxylic acids is 2. The fourth-order valence-corrected chi connectivity index (χ4v) is 5.77. The van der Waals surface area contributed by atoms with Gasteiger partial charge in [0.1, 0.15) is 11.4 Å². The average Bonchev–Trinajstić information content (AvgIpc) is 3.70. The Kier molecular flexibility index (Phi) is 10.2. The molecule has 0 aromatic heterocycles. The van der Waals surface area contributed by atoms with Gasteiger partial charge in [-0.15, -0.1) is 0 Å². The number of aliphatic carboxylic acids is 1. The van der Waals surface area contributed by atoms with Gasteiger partial charge in [0.05, 0.1) is 18.0 Å². The van der Waals surface area contributed by atoms with Crippen LogP contribution in [0, 0.1) is 11.8 Å². The van der Waals surface area contributed by atoms with Gasteiger partial charge in [-0.05, 0) is 51.5 Å². The zero-order valence-electron chi connectivity index (χ0n) is 24.7. The molecule has 0 saturated heterocycles. The van der Waals surface area contributed by atoms with Gasteiger partial charge in [0.2, 0.25) is 11.8 Å². The lowest BCUT2D eigenvalue weighted by Gasteiger charge is -2.40. The van der Waals surface area contributed by atoms with E-state index in [1.165, 1.54) is 0 Å². The van der Waals surface area contributed by atoms with Crippen molar-refractivity contribution in [1.82, 2.24) is 10.2 Å². The van der Waals surface area contributed by atoms with Crippen molar-refractivity contribution in [1.29, 1.82) is 0 Å². The van der Waals surface area contributed by atoms with Crippen LogP contribution >= 0.6 is 0 Å². The van der Waals surface area contributed by atoms with Crippen molar-refractivity contribution in [2.75, 3.05) is 13.7 Å². The van der Waals surface area contributed by atoms with Crippen LogP contribution in [-0.2, 0) is 19.1 Å². The molecule has 234 valence electrons. The van der Waals surface area contributed by atoms with E-state index in [-0.39, 0.29) is 47.3 Å². The maximum atomic E-state index is 13.4. The first kappa shape index (κ1) is 33.2.